The molecule has 0 saturated carbocycles. The third-order valence-electron chi connectivity index (χ3n) is 3.59. The summed E-state index contributed by atoms with van der Waals surface area (Å²) in [4.78, 5) is 4.57. The van der Waals surface area contributed by atoms with Crippen LogP contribution in [-0.2, 0) is 11.9 Å². The second-order valence-corrected chi connectivity index (χ2v) is 7.86. The van der Waals surface area contributed by atoms with Crippen LogP contribution in [0.4, 0.5) is 0 Å². The molecule has 24 heavy (non-hydrogen) atoms. The number of hydrogen-bond donors (Lipinski definition) is 0. The molecule has 3 heteroatoms. The van der Waals surface area contributed by atoms with E-state index in [1.807, 2.05) is 24.3 Å². The molecule has 0 amide bonds. The van der Waals surface area contributed by atoms with Gasteiger partial charge in [0, 0.05) is 0 Å². The third-order valence-corrected chi connectivity index (χ3v) is 6.31. The first-order valence-electron chi connectivity index (χ1n) is 7.83. The number of rotatable bonds is 6. The molecule has 0 bridgehead atoms. The quantitative estimate of drug-likeness (QED) is 0.431. The van der Waals surface area contributed by atoms with Gasteiger partial charge in [0.05, 0.1) is 0 Å². The SMILES string of the molecule is ClC(=NCc1ccccc1)c1ccccc1[Se]Cc1ccccc1. The van der Waals surface area contributed by atoms with Crippen molar-refractivity contribution in [1.29, 1.82) is 0 Å². The summed E-state index contributed by atoms with van der Waals surface area (Å²) < 4.78 is 1.30. The standard InChI is InChI=1S/C21H18ClNSe/c22-21(23-15-17-9-3-1-4-10-17)19-13-7-8-14-20(19)24-16-18-11-5-2-6-12-18/h1-14H,15-16H2. The first kappa shape index (κ1) is 17.0. The van der Waals surface area contributed by atoms with E-state index in [0.29, 0.717) is 26.7 Å². The number of aliphatic imine (C=N–C) groups is 1. The van der Waals surface area contributed by atoms with Crippen molar-refractivity contribution in [2.24, 2.45) is 4.99 Å². The van der Waals surface area contributed by atoms with Crippen molar-refractivity contribution >= 4 is 36.2 Å². The van der Waals surface area contributed by atoms with Gasteiger partial charge in [-0.05, 0) is 0 Å². The Hall–Kier alpha value is -1.86. The fourth-order valence-corrected chi connectivity index (χ4v) is 4.80. The van der Waals surface area contributed by atoms with Crippen LogP contribution in [0.1, 0.15) is 16.7 Å². The van der Waals surface area contributed by atoms with E-state index < -0.39 is 0 Å². The van der Waals surface area contributed by atoms with Crippen LogP contribution >= 0.6 is 11.6 Å². The summed E-state index contributed by atoms with van der Waals surface area (Å²) >= 11 is 6.84. The molecule has 0 heterocycles. The van der Waals surface area contributed by atoms with Gasteiger partial charge < -0.3 is 0 Å². The van der Waals surface area contributed by atoms with Crippen molar-refractivity contribution < 1.29 is 0 Å². The predicted molar refractivity (Wildman–Crippen MR) is 105 cm³/mol. The number of nitrogens with zero attached hydrogens (tertiary/aromatic N) is 1. The van der Waals surface area contributed by atoms with Crippen molar-refractivity contribution in [2.75, 3.05) is 0 Å². The van der Waals surface area contributed by atoms with Crippen molar-refractivity contribution in [2.45, 2.75) is 11.9 Å². The maximum absolute atomic E-state index is 6.50. The number of hydrogen-bond acceptors (Lipinski definition) is 1. The Labute approximate surface area is 154 Å². The minimum atomic E-state index is 0.334. The van der Waals surface area contributed by atoms with E-state index in [1.165, 1.54) is 15.6 Å². The van der Waals surface area contributed by atoms with Gasteiger partial charge in [0.15, 0.2) is 0 Å². The fraction of sp³-hybridized carbons (Fsp3) is 0.0952. The van der Waals surface area contributed by atoms with Gasteiger partial charge in [-0.25, -0.2) is 0 Å². The normalized spacial score (nSPS) is 11.5. The van der Waals surface area contributed by atoms with E-state index in [2.05, 4.69) is 65.7 Å². The zero-order valence-corrected chi connectivity index (χ0v) is 15.7. The second-order valence-electron chi connectivity index (χ2n) is 5.36. The van der Waals surface area contributed by atoms with Crippen LogP contribution in [-0.4, -0.2) is 20.1 Å². The molecule has 0 saturated heterocycles. The minimum absolute atomic E-state index is 0.334. The molecule has 0 unspecified atom stereocenters. The van der Waals surface area contributed by atoms with Gasteiger partial charge in [0.2, 0.25) is 0 Å². The third kappa shape index (κ3) is 4.82. The Morgan fingerprint density at radius 3 is 2.04 bits per heavy atom. The molecule has 0 aromatic heterocycles. The van der Waals surface area contributed by atoms with Gasteiger partial charge in [0.1, 0.15) is 0 Å². The Kier molecular flexibility index (Phi) is 6.26. The van der Waals surface area contributed by atoms with Crippen molar-refractivity contribution in [3.05, 3.63) is 102 Å². The molecule has 3 aromatic rings. The molecule has 0 aliphatic carbocycles. The molecule has 0 aliphatic rings. The van der Waals surface area contributed by atoms with Crippen LogP contribution in [0.15, 0.2) is 89.9 Å². The average molecular weight is 399 g/mol. The van der Waals surface area contributed by atoms with Crippen molar-refractivity contribution in [3.8, 4) is 0 Å². The molecule has 1 nitrogen and oxygen atoms in total. The van der Waals surface area contributed by atoms with Crippen LogP contribution < -0.4 is 4.46 Å². The maximum atomic E-state index is 6.50. The van der Waals surface area contributed by atoms with Crippen LogP contribution in [0.3, 0.4) is 0 Å². The fourth-order valence-electron chi connectivity index (χ4n) is 2.33. The molecular formula is C21H18ClNSe. The average Bonchev–Trinajstić information content (AvgIpc) is 2.66. The first-order valence-corrected chi connectivity index (χ1v) is 10.3. The Morgan fingerprint density at radius 2 is 1.33 bits per heavy atom. The Balaban J connectivity index is 1.73. The molecule has 0 fully saturated rings. The van der Waals surface area contributed by atoms with Gasteiger partial charge in [-0.15, -0.1) is 0 Å². The zero-order chi connectivity index (χ0) is 16.6. The Bertz CT molecular complexity index is 800. The van der Waals surface area contributed by atoms with Gasteiger partial charge in [0.25, 0.3) is 0 Å². The monoisotopic (exact) mass is 399 g/mol. The summed E-state index contributed by atoms with van der Waals surface area (Å²) in [6.07, 6.45) is 0. The van der Waals surface area contributed by atoms with Crippen molar-refractivity contribution in [3.63, 3.8) is 0 Å². The summed E-state index contributed by atoms with van der Waals surface area (Å²) in [5.41, 5.74) is 3.60. The molecule has 3 aromatic carbocycles. The van der Waals surface area contributed by atoms with Crippen LogP contribution in [0, 0.1) is 0 Å². The van der Waals surface area contributed by atoms with E-state index in [9.17, 15) is 0 Å². The number of benzene rings is 3. The molecule has 0 spiro atoms. The van der Waals surface area contributed by atoms with Crippen LogP contribution in [0.5, 0.6) is 0 Å². The zero-order valence-electron chi connectivity index (χ0n) is 13.2. The summed E-state index contributed by atoms with van der Waals surface area (Å²) in [6, 6.07) is 29.1. The Morgan fingerprint density at radius 1 is 0.750 bits per heavy atom. The molecule has 0 N–H and O–H groups in total. The van der Waals surface area contributed by atoms with E-state index in [4.69, 9.17) is 11.6 Å². The summed E-state index contributed by atoms with van der Waals surface area (Å²) in [5, 5.41) is 1.66. The van der Waals surface area contributed by atoms with Gasteiger partial charge in [-0.2, -0.15) is 0 Å². The topological polar surface area (TPSA) is 12.4 Å². The van der Waals surface area contributed by atoms with Crippen molar-refractivity contribution in [1.82, 2.24) is 0 Å². The van der Waals surface area contributed by atoms with E-state index in [0.717, 1.165) is 10.9 Å². The van der Waals surface area contributed by atoms with Gasteiger partial charge in [-0.1, -0.05) is 0 Å². The molecule has 120 valence electrons. The summed E-state index contributed by atoms with van der Waals surface area (Å²) in [6.45, 7) is 0.611. The van der Waals surface area contributed by atoms with Gasteiger partial charge >= 0.3 is 155 Å². The van der Waals surface area contributed by atoms with E-state index in [-0.39, 0.29) is 0 Å². The molecular weight excluding hydrogens is 381 g/mol. The second kappa shape index (κ2) is 8.84. The van der Waals surface area contributed by atoms with E-state index in [1.54, 1.807) is 0 Å². The van der Waals surface area contributed by atoms with Gasteiger partial charge in [-0.3, -0.25) is 0 Å². The van der Waals surface area contributed by atoms with Crippen LogP contribution in [0.25, 0.3) is 0 Å². The van der Waals surface area contributed by atoms with Crippen LogP contribution in [0.2, 0.25) is 0 Å². The number of halogens is 1. The predicted octanol–water partition coefficient (Wildman–Crippen LogP) is 4.40. The molecule has 3 rings (SSSR count). The molecule has 0 atom stereocenters. The van der Waals surface area contributed by atoms with E-state index >= 15 is 0 Å². The summed E-state index contributed by atoms with van der Waals surface area (Å²) in [5.74, 6) is 0. The summed E-state index contributed by atoms with van der Waals surface area (Å²) in [7, 11) is 0. The molecule has 0 radical (unpaired) electrons. The molecule has 0 aliphatic heterocycles. The first-order chi connectivity index (χ1) is 11.8.